The van der Waals surface area contributed by atoms with Crippen LogP contribution in [0, 0.1) is 17.8 Å². The quantitative estimate of drug-likeness (QED) is 0.219. The summed E-state index contributed by atoms with van der Waals surface area (Å²) in [5.74, 6) is 1.92. The molecule has 0 saturated heterocycles. The number of halogens is 1. The second-order valence-electron chi connectivity index (χ2n) is 14.2. The number of anilines is 1. The number of amides is 1. The standard InChI is InChI=1S/C34H37FN4O2S/c1-21(2)28-37-29(38-41-28)32-12-9-31(10-13-32,11-14-32)20-39(30(40)33-17-34(35,18-33)19-33)25-6-4-5-23(15-25)24-7-8-26-27(16-24)42-22(3)36-26/h4-8,15-16,21H,9-14,17-20H2,1-3H3. The van der Waals surface area contributed by atoms with Gasteiger partial charge >= 0.3 is 0 Å². The van der Waals surface area contributed by atoms with Crippen molar-refractivity contribution in [3.8, 4) is 11.1 Å². The summed E-state index contributed by atoms with van der Waals surface area (Å²) in [7, 11) is 0. The Bertz CT molecular complexity index is 1680. The zero-order valence-corrected chi connectivity index (χ0v) is 25.4. The molecule has 6 aliphatic carbocycles. The maximum Gasteiger partial charge on any atom is 0.233 e. The molecule has 0 radical (unpaired) electrons. The fourth-order valence-electron chi connectivity index (χ4n) is 8.39. The average molecular weight is 585 g/mol. The van der Waals surface area contributed by atoms with Crippen molar-refractivity contribution in [2.45, 2.75) is 95.6 Å². The molecule has 1 amide bonds. The average Bonchev–Trinajstić information content (AvgIpc) is 3.61. The van der Waals surface area contributed by atoms with Crippen molar-refractivity contribution in [2.75, 3.05) is 11.4 Å². The van der Waals surface area contributed by atoms with Gasteiger partial charge in [0.15, 0.2) is 5.82 Å². The van der Waals surface area contributed by atoms with Crippen LogP contribution in [-0.4, -0.2) is 33.2 Å². The van der Waals surface area contributed by atoms with Gasteiger partial charge in [-0.3, -0.25) is 4.79 Å². The fourth-order valence-corrected chi connectivity index (χ4v) is 9.25. The summed E-state index contributed by atoms with van der Waals surface area (Å²) >= 11 is 1.70. The van der Waals surface area contributed by atoms with Crippen LogP contribution in [0.4, 0.5) is 10.1 Å². The second-order valence-corrected chi connectivity index (χ2v) is 15.4. The topological polar surface area (TPSA) is 72.1 Å². The third-order valence-electron chi connectivity index (χ3n) is 11.0. The van der Waals surface area contributed by atoms with Gasteiger partial charge < -0.3 is 9.42 Å². The number of rotatable bonds is 7. The van der Waals surface area contributed by atoms with Gasteiger partial charge in [0.05, 0.1) is 20.6 Å². The summed E-state index contributed by atoms with van der Waals surface area (Å²) in [5.41, 5.74) is 2.54. The number of aryl methyl sites for hydroxylation is 1. The number of hydrogen-bond donors (Lipinski definition) is 0. The molecule has 0 spiro atoms. The van der Waals surface area contributed by atoms with Gasteiger partial charge in [0.1, 0.15) is 5.67 Å². The first-order valence-electron chi connectivity index (χ1n) is 15.4. The van der Waals surface area contributed by atoms with Crippen LogP contribution in [0.25, 0.3) is 21.3 Å². The van der Waals surface area contributed by atoms with Crippen molar-refractivity contribution in [1.29, 1.82) is 0 Å². The molecule has 6 nitrogen and oxygen atoms in total. The summed E-state index contributed by atoms with van der Waals surface area (Å²) in [5, 5.41) is 5.48. The maximum atomic E-state index is 14.6. The Kier molecular flexibility index (Phi) is 5.64. The van der Waals surface area contributed by atoms with Gasteiger partial charge in [-0.1, -0.05) is 37.2 Å². The number of thiazole rings is 1. The highest BCUT2D eigenvalue weighted by molar-refractivity contribution is 7.18. The first-order valence-corrected chi connectivity index (χ1v) is 16.2. The number of benzene rings is 2. The van der Waals surface area contributed by atoms with Gasteiger partial charge in [-0.2, -0.15) is 4.98 Å². The molecule has 0 aliphatic heterocycles. The van der Waals surface area contributed by atoms with Gasteiger partial charge in [-0.15, -0.1) is 11.3 Å². The number of hydrogen-bond acceptors (Lipinski definition) is 6. The van der Waals surface area contributed by atoms with Crippen LogP contribution < -0.4 is 4.90 Å². The Hall–Kier alpha value is -3.13. The van der Waals surface area contributed by atoms with E-state index in [1.807, 2.05) is 11.8 Å². The predicted molar refractivity (Wildman–Crippen MR) is 162 cm³/mol. The van der Waals surface area contributed by atoms with E-state index in [2.05, 4.69) is 66.5 Å². The Morgan fingerprint density at radius 1 is 1.00 bits per heavy atom. The molecule has 0 N–H and O–H groups in total. The van der Waals surface area contributed by atoms with Gasteiger partial charge in [0, 0.05) is 23.6 Å². The molecule has 0 unspecified atom stereocenters. The lowest BCUT2D eigenvalue weighted by Gasteiger charge is -2.65. The van der Waals surface area contributed by atoms with Crippen LogP contribution in [0.2, 0.25) is 0 Å². The number of nitrogens with zero attached hydrogens (tertiary/aromatic N) is 4. The lowest BCUT2D eigenvalue weighted by atomic mass is 9.41. The van der Waals surface area contributed by atoms with E-state index >= 15 is 0 Å². The molecule has 10 rings (SSSR count). The third-order valence-corrected chi connectivity index (χ3v) is 11.9. The van der Waals surface area contributed by atoms with Crippen LogP contribution in [-0.2, 0) is 10.2 Å². The van der Waals surface area contributed by atoms with Crippen LogP contribution in [0.3, 0.4) is 0 Å². The Balaban J connectivity index is 1.09. The van der Waals surface area contributed by atoms with Crippen molar-refractivity contribution >= 4 is 33.1 Å². The van der Waals surface area contributed by atoms with Crippen molar-refractivity contribution in [1.82, 2.24) is 15.1 Å². The number of aromatic nitrogens is 3. The van der Waals surface area contributed by atoms with Gasteiger partial charge in [-0.05, 0) is 106 Å². The molecule has 6 fully saturated rings. The summed E-state index contributed by atoms with van der Waals surface area (Å²) in [4.78, 5) is 25.7. The third kappa shape index (κ3) is 4.00. The van der Waals surface area contributed by atoms with Crippen LogP contribution in [0.5, 0.6) is 0 Å². The SMILES string of the molecule is Cc1nc2ccc(-c3cccc(N(CC45CCC(c6noc(C(C)C)n6)(CC4)CC5)C(=O)C45CC(F)(C4)C5)c3)cc2s1. The monoisotopic (exact) mass is 584 g/mol. The normalized spacial score (nSPS) is 31.3. The molecule has 4 bridgehead atoms. The van der Waals surface area contributed by atoms with Gasteiger partial charge in [-0.25, -0.2) is 9.37 Å². The number of carbonyl (C=O) groups excluding carboxylic acids is 1. The molecule has 8 heteroatoms. The first kappa shape index (κ1) is 26.5. The Morgan fingerprint density at radius 3 is 2.38 bits per heavy atom. The molecular formula is C34H37FN4O2S. The zero-order chi connectivity index (χ0) is 28.9. The van der Waals surface area contributed by atoms with Crippen LogP contribution in [0.1, 0.15) is 94.3 Å². The summed E-state index contributed by atoms with van der Waals surface area (Å²) in [6.07, 6.45) is 7.27. The predicted octanol–water partition coefficient (Wildman–Crippen LogP) is 8.30. The summed E-state index contributed by atoms with van der Waals surface area (Å²) in [6, 6.07) is 14.8. The molecule has 6 aliphatic rings. The summed E-state index contributed by atoms with van der Waals surface area (Å²) in [6.45, 7) is 6.88. The minimum atomic E-state index is -1.11. The first-order chi connectivity index (χ1) is 20.1. The van der Waals surface area contributed by atoms with Crippen LogP contribution in [0.15, 0.2) is 47.0 Å². The van der Waals surface area contributed by atoms with E-state index in [9.17, 15) is 9.18 Å². The highest BCUT2D eigenvalue weighted by Gasteiger charge is 2.73. The minimum Gasteiger partial charge on any atom is -0.339 e. The largest absolute Gasteiger partial charge is 0.339 e. The van der Waals surface area contributed by atoms with E-state index in [4.69, 9.17) is 9.51 Å². The van der Waals surface area contributed by atoms with E-state index in [0.29, 0.717) is 31.7 Å². The lowest BCUT2D eigenvalue weighted by molar-refractivity contribution is -0.211. The molecule has 2 aromatic heterocycles. The number of alkyl halides is 1. The van der Waals surface area contributed by atoms with Crippen molar-refractivity contribution in [2.24, 2.45) is 10.8 Å². The number of carbonyl (C=O) groups is 1. The highest BCUT2D eigenvalue weighted by Crippen LogP contribution is 2.70. The lowest BCUT2D eigenvalue weighted by Crippen LogP contribution is -2.71. The molecule has 42 heavy (non-hydrogen) atoms. The van der Waals surface area contributed by atoms with E-state index in [1.165, 1.54) is 4.70 Å². The smallest absolute Gasteiger partial charge is 0.233 e. The van der Waals surface area contributed by atoms with Crippen molar-refractivity contribution < 1.29 is 13.7 Å². The second kappa shape index (κ2) is 8.94. The molecule has 2 heterocycles. The number of fused-ring (bicyclic) bond motifs is 4. The molecule has 6 saturated carbocycles. The Morgan fingerprint density at radius 2 is 1.71 bits per heavy atom. The molecule has 2 aromatic carbocycles. The van der Waals surface area contributed by atoms with E-state index in [1.54, 1.807) is 11.3 Å². The van der Waals surface area contributed by atoms with Crippen LogP contribution >= 0.6 is 11.3 Å². The minimum absolute atomic E-state index is 0.0186. The molecule has 0 atom stereocenters. The fraction of sp³-hybridized carbons (Fsp3) is 0.529. The zero-order valence-electron chi connectivity index (χ0n) is 24.6. The molecular weight excluding hydrogens is 547 g/mol. The van der Waals surface area contributed by atoms with E-state index in [-0.39, 0.29) is 22.7 Å². The molecule has 4 aromatic rings. The van der Waals surface area contributed by atoms with Crippen molar-refractivity contribution in [3.63, 3.8) is 0 Å². The summed E-state index contributed by atoms with van der Waals surface area (Å²) < 4.78 is 21.4. The van der Waals surface area contributed by atoms with Gasteiger partial charge in [0.2, 0.25) is 11.8 Å². The van der Waals surface area contributed by atoms with Gasteiger partial charge in [0.25, 0.3) is 0 Å². The van der Waals surface area contributed by atoms with E-state index in [0.717, 1.165) is 71.7 Å². The van der Waals surface area contributed by atoms with Crippen molar-refractivity contribution in [3.05, 3.63) is 59.2 Å². The Labute approximate surface area is 249 Å². The molecule has 218 valence electrons. The highest BCUT2D eigenvalue weighted by atomic mass is 32.1. The maximum absolute atomic E-state index is 14.6. The van der Waals surface area contributed by atoms with E-state index < -0.39 is 11.1 Å².